The van der Waals surface area contributed by atoms with Gasteiger partial charge in [0.15, 0.2) is 0 Å². The first-order valence-corrected chi connectivity index (χ1v) is 7.82. The summed E-state index contributed by atoms with van der Waals surface area (Å²) in [5, 5.41) is 14.2. The van der Waals surface area contributed by atoms with Crippen molar-refractivity contribution in [1.29, 1.82) is 0 Å². The Hall–Kier alpha value is -1.18. The van der Waals surface area contributed by atoms with Crippen LogP contribution in [0.4, 0.5) is 11.4 Å². The number of rotatable bonds is 6. The Kier molecular flexibility index (Phi) is 5.96. The SMILES string of the molecule is COC1CCN(CCNc2cc(Br)ccc2[N+](=O)[O-])CC1. The average molecular weight is 358 g/mol. The fraction of sp³-hybridized carbons (Fsp3) is 0.571. The molecule has 1 aliphatic heterocycles. The van der Waals surface area contributed by atoms with E-state index in [2.05, 4.69) is 26.1 Å². The van der Waals surface area contributed by atoms with E-state index in [0.717, 1.165) is 36.9 Å². The summed E-state index contributed by atoms with van der Waals surface area (Å²) >= 11 is 3.34. The van der Waals surface area contributed by atoms with Gasteiger partial charge < -0.3 is 15.0 Å². The number of ether oxygens (including phenoxy) is 1. The quantitative estimate of drug-likeness (QED) is 0.626. The van der Waals surface area contributed by atoms with Gasteiger partial charge in [0.05, 0.1) is 11.0 Å². The molecule has 1 saturated heterocycles. The Morgan fingerprint density at radius 2 is 2.19 bits per heavy atom. The number of nitrogens with one attached hydrogen (secondary N) is 1. The van der Waals surface area contributed by atoms with E-state index in [1.807, 2.05) is 0 Å². The first-order chi connectivity index (χ1) is 10.1. The number of anilines is 1. The molecule has 0 amide bonds. The topological polar surface area (TPSA) is 67.6 Å². The molecule has 1 aromatic rings. The maximum absolute atomic E-state index is 11.0. The van der Waals surface area contributed by atoms with Gasteiger partial charge in [-0.25, -0.2) is 0 Å². The zero-order valence-corrected chi connectivity index (χ0v) is 13.6. The molecular weight excluding hydrogens is 338 g/mol. The molecule has 1 fully saturated rings. The number of benzene rings is 1. The summed E-state index contributed by atoms with van der Waals surface area (Å²) in [6, 6.07) is 4.94. The predicted molar refractivity (Wildman–Crippen MR) is 85.8 cm³/mol. The van der Waals surface area contributed by atoms with Crippen LogP contribution in [0.15, 0.2) is 22.7 Å². The molecule has 2 rings (SSSR count). The number of hydrogen-bond acceptors (Lipinski definition) is 5. The molecule has 0 aromatic heterocycles. The van der Waals surface area contributed by atoms with Crippen molar-refractivity contribution in [2.75, 3.05) is 38.6 Å². The number of methoxy groups -OCH3 is 1. The van der Waals surface area contributed by atoms with Crippen molar-refractivity contribution in [3.63, 3.8) is 0 Å². The first kappa shape index (κ1) is 16.2. The third-order valence-corrected chi connectivity index (χ3v) is 4.26. The minimum atomic E-state index is -0.362. The molecule has 7 heteroatoms. The van der Waals surface area contributed by atoms with Gasteiger partial charge in [0.2, 0.25) is 0 Å². The van der Waals surface area contributed by atoms with E-state index in [0.29, 0.717) is 18.3 Å². The Labute approximate surface area is 132 Å². The monoisotopic (exact) mass is 357 g/mol. The molecule has 0 saturated carbocycles. The summed E-state index contributed by atoms with van der Waals surface area (Å²) < 4.78 is 6.18. The van der Waals surface area contributed by atoms with Gasteiger partial charge in [-0.3, -0.25) is 10.1 Å². The van der Waals surface area contributed by atoms with E-state index in [9.17, 15) is 10.1 Å². The number of halogens is 1. The average Bonchev–Trinajstić information content (AvgIpc) is 2.48. The van der Waals surface area contributed by atoms with Crippen molar-refractivity contribution < 1.29 is 9.66 Å². The zero-order valence-electron chi connectivity index (χ0n) is 12.0. The molecule has 21 heavy (non-hydrogen) atoms. The lowest BCUT2D eigenvalue weighted by Gasteiger charge is -2.31. The van der Waals surface area contributed by atoms with Crippen molar-refractivity contribution in [2.24, 2.45) is 0 Å². The van der Waals surface area contributed by atoms with Crippen LogP contribution in [0.25, 0.3) is 0 Å². The number of nitro groups is 1. The second-order valence-electron chi connectivity index (χ2n) is 5.12. The fourth-order valence-corrected chi connectivity index (χ4v) is 2.89. The van der Waals surface area contributed by atoms with E-state index in [-0.39, 0.29) is 10.6 Å². The third-order valence-electron chi connectivity index (χ3n) is 3.77. The van der Waals surface area contributed by atoms with Crippen molar-refractivity contribution in [2.45, 2.75) is 18.9 Å². The zero-order chi connectivity index (χ0) is 15.2. The molecule has 1 aliphatic rings. The molecule has 0 radical (unpaired) electrons. The number of nitro benzene ring substituents is 1. The molecule has 0 bridgehead atoms. The summed E-state index contributed by atoms with van der Waals surface area (Å²) in [5.41, 5.74) is 0.664. The normalized spacial score (nSPS) is 16.9. The number of likely N-dealkylation sites (tertiary alicyclic amines) is 1. The highest BCUT2D eigenvalue weighted by atomic mass is 79.9. The maximum atomic E-state index is 11.0. The predicted octanol–water partition coefficient (Wildman–Crippen LogP) is 2.88. The van der Waals surface area contributed by atoms with Gasteiger partial charge in [0.1, 0.15) is 5.69 Å². The fourth-order valence-electron chi connectivity index (χ4n) is 2.53. The van der Waals surface area contributed by atoms with Crippen LogP contribution in [0.3, 0.4) is 0 Å². The second kappa shape index (κ2) is 7.72. The first-order valence-electron chi connectivity index (χ1n) is 7.03. The van der Waals surface area contributed by atoms with Gasteiger partial charge in [-0.15, -0.1) is 0 Å². The molecule has 0 atom stereocenters. The molecule has 1 N–H and O–H groups in total. The number of piperidine rings is 1. The summed E-state index contributed by atoms with van der Waals surface area (Å²) in [6.07, 6.45) is 2.47. The highest BCUT2D eigenvalue weighted by Crippen LogP contribution is 2.27. The van der Waals surface area contributed by atoms with Crippen molar-refractivity contribution >= 4 is 27.3 Å². The molecular formula is C14H20BrN3O3. The van der Waals surface area contributed by atoms with Crippen molar-refractivity contribution in [1.82, 2.24) is 4.90 Å². The Balaban J connectivity index is 1.84. The number of nitrogens with zero attached hydrogens (tertiary/aromatic N) is 2. The van der Waals surface area contributed by atoms with Crippen LogP contribution in [0.5, 0.6) is 0 Å². The summed E-state index contributed by atoms with van der Waals surface area (Å²) in [7, 11) is 1.76. The van der Waals surface area contributed by atoms with Crippen LogP contribution in [0.2, 0.25) is 0 Å². The minimum Gasteiger partial charge on any atom is -0.381 e. The molecule has 0 unspecified atom stereocenters. The van der Waals surface area contributed by atoms with Gasteiger partial charge in [0.25, 0.3) is 5.69 Å². The summed E-state index contributed by atoms with van der Waals surface area (Å²) in [4.78, 5) is 13.0. The molecule has 6 nitrogen and oxygen atoms in total. The standard InChI is InChI=1S/C14H20BrN3O3/c1-21-12-4-7-17(8-5-12)9-6-16-13-10-11(15)2-3-14(13)18(19)20/h2-3,10,12,16H,4-9H2,1H3. The van der Waals surface area contributed by atoms with Gasteiger partial charge in [-0.1, -0.05) is 15.9 Å². The number of hydrogen-bond donors (Lipinski definition) is 1. The van der Waals surface area contributed by atoms with Crippen LogP contribution in [0, 0.1) is 10.1 Å². The molecule has 1 aromatic carbocycles. The second-order valence-corrected chi connectivity index (χ2v) is 6.04. The Morgan fingerprint density at radius 3 is 2.81 bits per heavy atom. The van der Waals surface area contributed by atoms with Crippen LogP contribution in [-0.4, -0.2) is 49.2 Å². The maximum Gasteiger partial charge on any atom is 0.292 e. The van der Waals surface area contributed by atoms with Crippen LogP contribution in [0.1, 0.15) is 12.8 Å². The molecule has 116 valence electrons. The molecule has 0 aliphatic carbocycles. The Bertz CT molecular complexity index is 490. The van der Waals surface area contributed by atoms with Crippen molar-refractivity contribution in [3.05, 3.63) is 32.8 Å². The van der Waals surface area contributed by atoms with Gasteiger partial charge >= 0.3 is 0 Å². The van der Waals surface area contributed by atoms with E-state index in [4.69, 9.17) is 4.74 Å². The van der Waals surface area contributed by atoms with Gasteiger partial charge in [-0.05, 0) is 25.0 Å². The lowest BCUT2D eigenvalue weighted by molar-refractivity contribution is -0.384. The highest BCUT2D eigenvalue weighted by molar-refractivity contribution is 9.10. The van der Waals surface area contributed by atoms with E-state index in [1.165, 1.54) is 6.07 Å². The smallest absolute Gasteiger partial charge is 0.292 e. The summed E-state index contributed by atoms with van der Waals surface area (Å²) in [5.74, 6) is 0. The lowest BCUT2D eigenvalue weighted by Crippen LogP contribution is -2.39. The van der Waals surface area contributed by atoms with Crippen molar-refractivity contribution in [3.8, 4) is 0 Å². The highest BCUT2D eigenvalue weighted by Gasteiger charge is 2.18. The minimum absolute atomic E-state index is 0.108. The van der Waals surface area contributed by atoms with Crippen LogP contribution in [-0.2, 0) is 4.74 Å². The molecule has 1 heterocycles. The molecule has 0 spiro atoms. The third kappa shape index (κ3) is 4.66. The van der Waals surface area contributed by atoms with Gasteiger partial charge in [0, 0.05) is 43.8 Å². The Morgan fingerprint density at radius 1 is 1.48 bits per heavy atom. The van der Waals surface area contributed by atoms with E-state index >= 15 is 0 Å². The van der Waals surface area contributed by atoms with E-state index < -0.39 is 0 Å². The lowest BCUT2D eigenvalue weighted by atomic mass is 10.1. The summed E-state index contributed by atoms with van der Waals surface area (Å²) in [6.45, 7) is 3.59. The largest absolute Gasteiger partial charge is 0.381 e. The van der Waals surface area contributed by atoms with E-state index in [1.54, 1.807) is 19.2 Å². The van der Waals surface area contributed by atoms with Gasteiger partial charge in [-0.2, -0.15) is 0 Å². The van der Waals surface area contributed by atoms with Crippen LogP contribution < -0.4 is 5.32 Å². The van der Waals surface area contributed by atoms with Crippen LogP contribution >= 0.6 is 15.9 Å².